The summed E-state index contributed by atoms with van der Waals surface area (Å²) >= 11 is 6.13. The third kappa shape index (κ3) is 7.33. The Morgan fingerprint density at radius 2 is 1.61 bits per heavy atom. The lowest BCUT2D eigenvalue weighted by atomic mass is 10.1. The molecule has 202 valence electrons. The lowest BCUT2D eigenvalue weighted by Gasteiger charge is -2.32. The predicted molar refractivity (Wildman–Crippen MR) is 147 cm³/mol. The van der Waals surface area contributed by atoms with Crippen LogP contribution in [0, 0.1) is 12.7 Å². The first-order valence-corrected chi connectivity index (χ1v) is 13.9. The number of amides is 2. The van der Waals surface area contributed by atoms with Crippen molar-refractivity contribution in [2.75, 3.05) is 10.8 Å². The van der Waals surface area contributed by atoms with Gasteiger partial charge in [-0.15, -0.1) is 0 Å². The minimum atomic E-state index is -4.22. The van der Waals surface area contributed by atoms with Gasteiger partial charge in [0.05, 0.1) is 10.6 Å². The number of aryl methyl sites for hydroxylation is 1. The highest BCUT2D eigenvalue weighted by Gasteiger charge is 2.32. The summed E-state index contributed by atoms with van der Waals surface area (Å²) in [6.45, 7) is 6.43. The minimum absolute atomic E-state index is 0.0211. The van der Waals surface area contributed by atoms with E-state index in [1.54, 1.807) is 57.2 Å². The standard InChI is InChI=1S/C28H31ClFN3O4S/c1-19(2)31-28(35)21(4)32(17-22-6-5-7-23(29)16-22)27(34)18-33(25-12-10-24(30)11-13-25)38(36,37)26-14-8-20(3)9-15-26/h5-16,19,21H,17-18H2,1-4H3,(H,31,35). The summed E-state index contributed by atoms with van der Waals surface area (Å²) in [5.41, 5.74) is 1.65. The van der Waals surface area contributed by atoms with Gasteiger partial charge in [-0.2, -0.15) is 0 Å². The minimum Gasteiger partial charge on any atom is -0.352 e. The number of rotatable bonds is 10. The van der Waals surface area contributed by atoms with E-state index >= 15 is 0 Å². The quantitative estimate of drug-likeness (QED) is 0.382. The molecule has 0 aromatic heterocycles. The molecule has 0 bridgehead atoms. The van der Waals surface area contributed by atoms with E-state index < -0.39 is 34.3 Å². The number of benzene rings is 3. The van der Waals surface area contributed by atoms with Crippen LogP contribution in [0.3, 0.4) is 0 Å². The van der Waals surface area contributed by atoms with Gasteiger partial charge in [0.25, 0.3) is 10.0 Å². The van der Waals surface area contributed by atoms with Crippen molar-refractivity contribution in [2.45, 2.75) is 51.2 Å². The number of nitrogens with zero attached hydrogens (tertiary/aromatic N) is 2. The Kier molecular flexibility index (Phi) is 9.51. The highest BCUT2D eigenvalue weighted by Crippen LogP contribution is 2.25. The first-order valence-electron chi connectivity index (χ1n) is 12.1. The van der Waals surface area contributed by atoms with Crippen LogP contribution in [0.5, 0.6) is 0 Å². The van der Waals surface area contributed by atoms with Gasteiger partial charge in [-0.1, -0.05) is 41.4 Å². The van der Waals surface area contributed by atoms with Crippen LogP contribution in [0.25, 0.3) is 0 Å². The summed E-state index contributed by atoms with van der Waals surface area (Å²) in [6.07, 6.45) is 0. The fourth-order valence-electron chi connectivity index (χ4n) is 3.79. The van der Waals surface area contributed by atoms with Gasteiger partial charge < -0.3 is 10.2 Å². The van der Waals surface area contributed by atoms with E-state index in [-0.39, 0.29) is 29.1 Å². The second kappa shape index (κ2) is 12.4. The molecule has 3 aromatic rings. The van der Waals surface area contributed by atoms with E-state index in [1.807, 2.05) is 6.92 Å². The Morgan fingerprint density at radius 1 is 0.974 bits per heavy atom. The zero-order valence-corrected chi connectivity index (χ0v) is 23.3. The zero-order chi connectivity index (χ0) is 28.0. The molecule has 7 nitrogen and oxygen atoms in total. The third-order valence-electron chi connectivity index (χ3n) is 5.84. The van der Waals surface area contributed by atoms with Crippen LogP contribution in [0.1, 0.15) is 31.9 Å². The number of hydrogen-bond donors (Lipinski definition) is 1. The fraction of sp³-hybridized carbons (Fsp3) is 0.286. The van der Waals surface area contributed by atoms with Crippen molar-refractivity contribution >= 4 is 39.1 Å². The summed E-state index contributed by atoms with van der Waals surface area (Å²) in [6, 6.07) is 16.8. The number of hydrogen-bond acceptors (Lipinski definition) is 4. The lowest BCUT2D eigenvalue weighted by Crippen LogP contribution is -2.52. The highest BCUT2D eigenvalue weighted by molar-refractivity contribution is 7.92. The van der Waals surface area contributed by atoms with Crippen molar-refractivity contribution in [3.63, 3.8) is 0 Å². The largest absolute Gasteiger partial charge is 0.352 e. The second-order valence-corrected chi connectivity index (χ2v) is 11.6. The molecular formula is C28H31ClFN3O4S. The summed E-state index contributed by atoms with van der Waals surface area (Å²) in [5, 5.41) is 3.26. The molecule has 10 heteroatoms. The number of sulfonamides is 1. The van der Waals surface area contributed by atoms with Crippen molar-refractivity contribution in [3.8, 4) is 0 Å². The monoisotopic (exact) mass is 559 g/mol. The molecule has 0 spiro atoms. The molecule has 38 heavy (non-hydrogen) atoms. The average molecular weight is 560 g/mol. The first kappa shape index (κ1) is 29.1. The van der Waals surface area contributed by atoms with Gasteiger partial charge in [-0.05, 0) is 81.8 Å². The van der Waals surface area contributed by atoms with Crippen molar-refractivity contribution in [1.82, 2.24) is 10.2 Å². The van der Waals surface area contributed by atoms with Crippen LogP contribution in [-0.4, -0.2) is 43.8 Å². The van der Waals surface area contributed by atoms with Crippen LogP contribution in [0.15, 0.2) is 77.7 Å². The Morgan fingerprint density at radius 3 is 2.18 bits per heavy atom. The smallest absolute Gasteiger partial charge is 0.264 e. The molecular weight excluding hydrogens is 529 g/mol. The van der Waals surface area contributed by atoms with Gasteiger partial charge in [0.1, 0.15) is 18.4 Å². The molecule has 0 aliphatic carbocycles. The predicted octanol–water partition coefficient (Wildman–Crippen LogP) is 4.92. The van der Waals surface area contributed by atoms with Gasteiger partial charge in [-0.3, -0.25) is 13.9 Å². The van der Waals surface area contributed by atoms with E-state index in [1.165, 1.54) is 29.2 Å². The topological polar surface area (TPSA) is 86.8 Å². The molecule has 0 radical (unpaired) electrons. The van der Waals surface area contributed by atoms with Crippen LogP contribution < -0.4 is 9.62 Å². The zero-order valence-electron chi connectivity index (χ0n) is 21.7. The van der Waals surface area contributed by atoms with Crippen molar-refractivity contribution in [1.29, 1.82) is 0 Å². The van der Waals surface area contributed by atoms with E-state index in [9.17, 15) is 22.4 Å². The van der Waals surface area contributed by atoms with Crippen molar-refractivity contribution < 1.29 is 22.4 Å². The van der Waals surface area contributed by atoms with Crippen LogP contribution >= 0.6 is 11.6 Å². The molecule has 0 heterocycles. The van der Waals surface area contributed by atoms with Gasteiger partial charge in [0, 0.05) is 17.6 Å². The van der Waals surface area contributed by atoms with E-state index in [0.717, 1.165) is 22.0 Å². The molecule has 0 saturated carbocycles. The molecule has 0 saturated heterocycles. The molecule has 1 unspecified atom stereocenters. The van der Waals surface area contributed by atoms with Crippen LogP contribution in [0.2, 0.25) is 5.02 Å². The second-order valence-electron chi connectivity index (χ2n) is 9.29. The number of carbonyl (C=O) groups is 2. The summed E-state index contributed by atoms with van der Waals surface area (Å²) in [5.74, 6) is -1.55. The summed E-state index contributed by atoms with van der Waals surface area (Å²) in [4.78, 5) is 28.0. The number of anilines is 1. The molecule has 0 aliphatic rings. The molecule has 3 rings (SSSR count). The Hall–Kier alpha value is -3.43. The van der Waals surface area contributed by atoms with Gasteiger partial charge in [-0.25, -0.2) is 12.8 Å². The first-order chi connectivity index (χ1) is 17.9. The molecule has 1 N–H and O–H groups in total. The van der Waals surface area contributed by atoms with Crippen LogP contribution in [0.4, 0.5) is 10.1 Å². The molecule has 0 aliphatic heterocycles. The maximum absolute atomic E-state index is 13.8. The number of nitrogens with one attached hydrogen (secondary N) is 1. The Balaban J connectivity index is 2.02. The van der Waals surface area contributed by atoms with Gasteiger partial charge in [0.2, 0.25) is 11.8 Å². The van der Waals surface area contributed by atoms with Gasteiger partial charge >= 0.3 is 0 Å². The SMILES string of the molecule is Cc1ccc(S(=O)(=O)N(CC(=O)N(Cc2cccc(Cl)c2)C(C)C(=O)NC(C)C)c2ccc(F)cc2)cc1. The van der Waals surface area contributed by atoms with E-state index in [0.29, 0.717) is 10.6 Å². The fourth-order valence-corrected chi connectivity index (χ4v) is 5.42. The summed E-state index contributed by atoms with van der Waals surface area (Å²) < 4.78 is 42.0. The third-order valence-corrected chi connectivity index (χ3v) is 7.87. The molecule has 1 atom stereocenters. The molecule has 2 amide bonds. The average Bonchev–Trinajstić information content (AvgIpc) is 2.86. The van der Waals surface area contributed by atoms with Crippen molar-refractivity contribution in [3.05, 3.63) is 94.8 Å². The Labute approximate surface area is 228 Å². The molecule has 0 fully saturated rings. The summed E-state index contributed by atoms with van der Waals surface area (Å²) in [7, 11) is -4.22. The van der Waals surface area contributed by atoms with E-state index in [4.69, 9.17) is 11.6 Å². The normalized spacial score (nSPS) is 12.2. The van der Waals surface area contributed by atoms with E-state index in [2.05, 4.69) is 5.32 Å². The lowest BCUT2D eigenvalue weighted by molar-refractivity contribution is -0.139. The van der Waals surface area contributed by atoms with Gasteiger partial charge in [0.15, 0.2) is 0 Å². The number of carbonyl (C=O) groups excluding carboxylic acids is 2. The van der Waals surface area contributed by atoms with Crippen LogP contribution in [-0.2, 0) is 26.2 Å². The van der Waals surface area contributed by atoms with Crippen molar-refractivity contribution in [2.24, 2.45) is 0 Å². The maximum atomic E-state index is 13.8. The molecule has 3 aromatic carbocycles. The maximum Gasteiger partial charge on any atom is 0.264 e. The number of halogens is 2. The highest BCUT2D eigenvalue weighted by atomic mass is 35.5. The Bertz CT molecular complexity index is 1380.